The Morgan fingerprint density at radius 3 is 2.55 bits per heavy atom. The van der Waals surface area contributed by atoms with E-state index in [1.54, 1.807) is 6.07 Å². The first-order valence-electron chi connectivity index (χ1n) is 7.27. The van der Waals surface area contributed by atoms with Crippen LogP contribution in [0.1, 0.15) is 36.6 Å². The third-order valence-corrected chi connectivity index (χ3v) is 4.38. The van der Waals surface area contributed by atoms with Crippen LogP contribution in [0, 0.1) is 0 Å². The van der Waals surface area contributed by atoms with Crippen molar-refractivity contribution in [1.29, 1.82) is 0 Å². The molecule has 2 nitrogen and oxygen atoms in total. The van der Waals surface area contributed by atoms with E-state index in [4.69, 9.17) is 0 Å². The third kappa shape index (κ3) is 2.32. The number of phenolic OH excluding ortho intramolecular Hbond substituents is 1. The second-order valence-corrected chi connectivity index (χ2v) is 5.74. The van der Waals surface area contributed by atoms with Gasteiger partial charge in [0.15, 0.2) is 0 Å². The van der Waals surface area contributed by atoms with Gasteiger partial charge in [0.25, 0.3) is 0 Å². The van der Waals surface area contributed by atoms with Crippen LogP contribution in [0.4, 0.5) is 0 Å². The Hall–Kier alpha value is -1.80. The first-order valence-corrected chi connectivity index (χ1v) is 7.27. The van der Waals surface area contributed by atoms with Gasteiger partial charge in [0.1, 0.15) is 5.75 Å². The molecule has 1 aliphatic rings. The van der Waals surface area contributed by atoms with Gasteiger partial charge >= 0.3 is 0 Å². The maximum Gasteiger partial charge on any atom is 0.120 e. The normalized spacial score (nSPS) is 22.5. The van der Waals surface area contributed by atoms with Gasteiger partial charge in [0.05, 0.1) is 0 Å². The van der Waals surface area contributed by atoms with Crippen molar-refractivity contribution in [2.75, 3.05) is 0 Å². The summed E-state index contributed by atoms with van der Waals surface area (Å²) >= 11 is 0. The van der Waals surface area contributed by atoms with E-state index in [1.165, 1.54) is 11.1 Å². The summed E-state index contributed by atoms with van der Waals surface area (Å²) in [4.78, 5) is 2.47. The maximum atomic E-state index is 10.2. The minimum atomic E-state index is 0.246. The zero-order valence-electron chi connectivity index (χ0n) is 12.1. The summed E-state index contributed by atoms with van der Waals surface area (Å²) in [7, 11) is 0. The predicted molar refractivity (Wildman–Crippen MR) is 81.7 cm³/mol. The molecule has 0 saturated heterocycles. The zero-order valence-corrected chi connectivity index (χ0v) is 12.1. The molecule has 1 aliphatic heterocycles. The van der Waals surface area contributed by atoms with Crippen molar-refractivity contribution in [1.82, 2.24) is 4.90 Å². The Labute approximate surface area is 120 Å². The highest BCUT2D eigenvalue weighted by atomic mass is 16.3. The van der Waals surface area contributed by atoms with E-state index in [1.807, 2.05) is 12.1 Å². The van der Waals surface area contributed by atoms with Crippen LogP contribution in [0.3, 0.4) is 0 Å². The Balaban J connectivity index is 1.92. The number of hydrogen-bond donors (Lipinski definition) is 1. The lowest BCUT2D eigenvalue weighted by molar-refractivity contribution is 0.127. The van der Waals surface area contributed by atoms with Gasteiger partial charge in [-0.05, 0) is 37.5 Å². The molecule has 0 saturated carbocycles. The fraction of sp³-hybridized carbons (Fsp3) is 0.333. The molecule has 104 valence electrons. The van der Waals surface area contributed by atoms with Crippen LogP contribution in [0.2, 0.25) is 0 Å². The molecular weight excluding hydrogens is 246 g/mol. The molecule has 0 radical (unpaired) electrons. The summed E-state index contributed by atoms with van der Waals surface area (Å²) in [5.41, 5.74) is 3.71. The molecule has 0 aromatic heterocycles. The average Bonchev–Trinajstić information content (AvgIpc) is 2.44. The van der Waals surface area contributed by atoms with E-state index < -0.39 is 0 Å². The molecule has 0 amide bonds. The van der Waals surface area contributed by atoms with Crippen LogP contribution in [0.25, 0.3) is 0 Å². The molecule has 0 spiro atoms. The van der Waals surface area contributed by atoms with Crippen molar-refractivity contribution < 1.29 is 5.11 Å². The SMILES string of the molecule is C[C@@H]1Cc2cccc(O)c2[C@@H](C)N1Cc1ccccc1. The van der Waals surface area contributed by atoms with Crippen LogP contribution in [0.15, 0.2) is 48.5 Å². The molecule has 2 aromatic rings. The molecule has 2 heteroatoms. The van der Waals surface area contributed by atoms with Gasteiger partial charge < -0.3 is 5.11 Å². The summed E-state index contributed by atoms with van der Waals surface area (Å²) in [6, 6.07) is 17.2. The van der Waals surface area contributed by atoms with E-state index in [0.717, 1.165) is 18.5 Å². The number of fused-ring (bicyclic) bond motifs is 1. The summed E-state index contributed by atoms with van der Waals surface area (Å²) in [6.45, 7) is 5.39. The number of rotatable bonds is 2. The Kier molecular flexibility index (Phi) is 3.49. The Morgan fingerprint density at radius 2 is 1.80 bits per heavy atom. The van der Waals surface area contributed by atoms with Gasteiger partial charge in [0.2, 0.25) is 0 Å². The van der Waals surface area contributed by atoms with Crippen LogP contribution in [0.5, 0.6) is 5.75 Å². The van der Waals surface area contributed by atoms with E-state index >= 15 is 0 Å². The van der Waals surface area contributed by atoms with Crippen LogP contribution >= 0.6 is 0 Å². The Bertz CT molecular complexity index is 594. The average molecular weight is 267 g/mol. The quantitative estimate of drug-likeness (QED) is 0.892. The van der Waals surface area contributed by atoms with Gasteiger partial charge in [-0.2, -0.15) is 0 Å². The van der Waals surface area contributed by atoms with E-state index in [0.29, 0.717) is 11.8 Å². The lowest BCUT2D eigenvalue weighted by Crippen LogP contribution is -2.40. The van der Waals surface area contributed by atoms with Gasteiger partial charge in [-0.25, -0.2) is 0 Å². The van der Waals surface area contributed by atoms with Crippen LogP contribution in [-0.2, 0) is 13.0 Å². The maximum absolute atomic E-state index is 10.2. The van der Waals surface area contributed by atoms with Gasteiger partial charge in [-0.1, -0.05) is 42.5 Å². The highest BCUT2D eigenvalue weighted by Crippen LogP contribution is 2.38. The number of aromatic hydroxyl groups is 1. The molecule has 1 N–H and O–H groups in total. The summed E-state index contributed by atoms with van der Waals surface area (Å²) in [6.07, 6.45) is 1.00. The fourth-order valence-corrected chi connectivity index (χ4v) is 3.33. The minimum Gasteiger partial charge on any atom is -0.508 e. The number of nitrogens with zero attached hydrogens (tertiary/aromatic N) is 1. The van der Waals surface area contributed by atoms with Crippen molar-refractivity contribution in [3.05, 3.63) is 65.2 Å². The first kappa shape index (κ1) is 13.2. The van der Waals surface area contributed by atoms with Gasteiger partial charge in [-0.3, -0.25) is 4.90 Å². The van der Waals surface area contributed by atoms with Crippen molar-refractivity contribution in [3.8, 4) is 5.75 Å². The summed E-state index contributed by atoms with van der Waals surface area (Å²) in [5, 5.41) is 10.2. The molecule has 0 aliphatic carbocycles. The molecule has 20 heavy (non-hydrogen) atoms. The highest BCUT2D eigenvalue weighted by molar-refractivity contribution is 5.43. The van der Waals surface area contributed by atoms with Crippen molar-refractivity contribution in [2.24, 2.45) is 0 Å². The lowest BCUT2D eigenvalue weighted by atomic mass is 9.88. The Morgan fingerprint density at radius 1 is 1.05 bits per heavy atom. The topological polar surface area (TPSA) is 23.5 Å². The first-order chi connectivity index (χ1) is 9.66. The molecule has 0 bridgehead atoms. The minimum absolute atomic E-state index is 0.246. The molecule has 0 unspecified atom stereocenters. The van der Waals surface area contributed by atoms with Crippen molar-refractivity contribution >= 4 is 0 Å². The fourth-order valence-electron chi connectivity index (χ4n) is 3.33. The molecule has 0 fully saturated rings. The van der Waals surface area contributed by atoms with Crippen molar-refractivity contribution in [3.63, 3.8) is 0 Å². The van der Waals surface area contributed by atoms with Gasteiger partial charge in [-0.15, -0.1) is 0 Å². The van der Waals surface area contributed by atoms with Crippen LogP contribution in [-0.4, -0.2) is 16.0 Å². The predicted octanol–water partition coefficient (Wildman–Crippen LogP) is 3.90. The second kappa shape index (κ2) is 5.29. The van der Waals surface area contributed by atoms with Crippen molar-refractivity contribution in [2.45, 2.75) is 38.9 Å². The summed E-state index contributed by atoms with van der Waals surface area (Å²) < 4.78 is 0. The molecular formula is C18H21NO. The third-order valence-electron chi connectivity index (χ3n) is 4.38. The van der Waals surface area contributed by atoms with Crippen LogP contribution < -0.4 is 0 Å². The summed E-state index contributed by atoms with van der Waals surface area (Å²) in [5.74, 6) is 0.431. The number of benzene rings is 2. The molecule has 2 atom stereocenters. The second-order valence-electron chi connectivity index (χ2n) is 5.74. The molecule has 1 heterocycles. The highest BCUT2D eigenvalue weighted by Gasteiger charge is 2.30. The molecule has 3 rings (SSSR count). The standard InChI is InChI=1S/C18H21NO/c1-13-11-16-9-6-10-17(20)18(16)14(2)19(13)12-15-7-4-3-5-8-15/h3-10,13-14,20H,11-12H2,1-2H3/t13-,14-/m1/s1. The number of phenols is 1. The van der Waals surface area contributed by atoms with E-state index in [-0.39, 0.29) is 6.04 Å². The molecule has 2 aromatic carbocycles. The van der Waals surface area contributed by atoms with Gasteiger partial charge in [0, 0.05) is 24.2 Å². The smallest absolute Gasteiger partial charge is 0.120 e. The number of hydrogen-bond acceptors (Lipinski definition) is 2. The zero-order chi connectivity index (χ0) is 14.1. The lowest BCUT2D eigenvalue weighted by Gasteiger charge is -2.40. The monoisotopic (exact) mass is 267 g/mol. The van der Waals surface area contributed by atoms with E-state index in [9.17, 15) is 5.11 Å². The largest absolute Gasteiger partial charge is 0.508 e. The van der Waals surface area contributed by atoms with E-state index in [2.05, 4.69) is 49.1 Å².